The van der Waals surface area contributed by atoms with Gasteiger partial charge < -0.3 is 10.5 Å². The first kappa shape index (κ1) is 14.4. The molecule has 1 unspecified atom stereocenters. The van der Waals surface area contributed by atoms with Crippen LogP contribution in [0.2, 0.25) is 0 Å². The summed E-state index contributed by atoms with van der Waals surface area (Å²) >= 11 is 3.44. The van der Waals surface area contributed by atoms with Crippen LogP contribution in [0, 0.1) is 0 Å². The van der Waals surface area contributed by atoms with E-state index in [-0.39, 0.29) is 6.10 Å². The molecule has 1 aromatic heterocycles. The van der Waals surface area contributed by atoms with Gasteiger partial charge in [-0.1, -0.05) is 30.3 Å². The smallest absolute Gasteiger partial charge is 0.159 e. The highest BCUT2D eigenvalue weighted by molar-refractivity contribution is 9.10. The normalized spacial score (nSPS) is 18.8. The summed E-state index contributed by atoms with van der Waals surface area (Å²) in [5.74, 6) is 0.705. The molecule has 21 heavy (non-hydrogen) atoms. The van der Waals surface area contributed by atoms with Gasteiger partial charge in [-0.25, -0.2) is 0 Å². The van der Waals surface area contributed by atoms with Gasteiger partial charge >= 0.3 is 0 Å². The van der Waals surface area contributed by atoms with Crippen molar-refractivity contribution < 1.29 is 4.74 Å². The number of pyridine rings is 1. The molecule has 2 N–H and O–H groups in total. The minimum atomic E-state index is 0.176. The van der Waals surface area contributed by atoms with Crippen molar-refractivity contribution in [1.82, 2.24) is 9.88 Å². The zero-order valence-corrected chi connectivity index (χ0v) is 13.3. The van der Waals surface area contributed by atoms with Gasteiger partial charge in [-0.2, -0.15) is 0 Å². The number of benzene rings is 1. The number of nitrogens with zero attached hydrogens (tertiary/aromatic N) is 2. The van der Waals surface area contributed by atoms with Gasteiger partial charge in [0.2, 0.25) is 0 Å². The first-order valence-electron chi connectivity index (χ1n) is 7.04. The van der Waals surface area contributed by atoms with Gasteiger partial charge in [0.15, 0.2) is 5.75 Å². The molecule has 3 rings (SSSR count). The Bertz CT molecular complexity index is 585. The van der Waals surface area contributed by atoms with Crippen LogP contribution in [0.3, 0.4) is 0 Å². The average molecular weight is 348 g/mol. The largest absolute Gasteiger partial charge is 0.486 e. The molecule has 0 radical (unpaired) electrons. The van der Waals surface area contributed by atoms with E-state index in [0.29, 0.717) is 11.4 Å². The first-order valence-corrected chi connectivity index (χ1v) is 7.83. The van der Waals surface area contributed by atoms with Gasteiger partial charge in [0.25, 0.3) is 0 Å². The second-order valence-electron chi connectivity index (χ2n) is 5.29. The predicted molar refractivity (Wildman–Crippen MR) is 87.1 cm³/mol. The molecule has 1 saturated heterocycles. The molecule has 5 heteroatoms. The minimum Gasteiger partial charge on any atom is -0.486 e. The van der Waals surface area contributed by atoms with E-state index in [1.807, 2.05) is 6.07 Å². The maximum atomic E-state index is 6.05. The maximum absolute atomic E-state index is 6.05. The second-order valence-corrected chi connectivity index (χ2v) is 6.14. The molecule has 0 saturated carbocycles. The summed E-state index contributed by atoms with van der Waals surface area (Å²) in [4.78, 5) is 6.44. The number of hydrogen-bond acceptors (Lipinski definition) is 4. The van der Waals surface area contributed by atoms with Crippen molar-refractivity contribution in [2.75, 3.05) is 18.8 Å². The molecule has 1 atom stereocenters. The van der Waals surface area contributed by atoms with E-state index in [2.05, 4.69) is 50.1 Å². The van der Waals surface area contributed by atoms with Crippen molar-refractivity contribution in [3.05, 3.63) is 52.8 Å². The molecule has 4 nitrogen and oxygen atoms in total. The second kappa shape index (κ2) is 6.45. The van der Waals surface area contributed by atoms with E-state index in [4.69, 9.17) is 10.5 Å². The fraction of sp³-hybridized carbons (Fsp3) is 0.312. The molecule has 0 spiro atoms. The molecular formula is C16H18BrN3O. The molecule has 1 fully saturated rings. The van der Waals surface area contributed by atoms with Crippen molar-refractivity contribution in [3.8, 4) is 5.75 Å². The SMILES string of the molecule is Nc1cncc(Br)c1OC1CCN(Cc2ccccc2)C1. The van der Waals surface area contributed by atoms with Crippen molar-refractivity contribution in [3.63, 3.8) is 0 Å². The van der Waals surface area contributed by atoms with Gasteiger partial charge in [0, 0.05) is 25.8 Å². The predicted octanol–water partition coefficient (Wildman–Crippen LogP) is 3.08. The molecule has 2 heterocycles. The summed E-state index contributed by atoms with van der Waals surface area (Å²) in [6.45, 7) is 2.93. The van der Waals surface area contributed by atoms with Gasteiger partial charge in [-0.3, -0.25) is 9.88 Å². The fourth-order valence-corrected chi connectivity index (χ4v) is 3.05. The Hall–Kier alpha value is -1.59. The number of nitrogens with two attached hydrogens (primary N) is 1. The lowest BCUT2D eigenvalue weighted by Crippen LogP contribution is -2.24. The van der Waals surface area contributed by atoms with Crippen LogP contribution in [0.5, 0.6) is 5.75 Å². The molecule has 1 aliphatic rings. The Labute approximate surface area is 133 Å². The maximum Gasteiger partial charge on any atom is 0.159 e. The number of hydrogen-bond donors (Lipinski definition) is 1. The third-order valence-electron chi connectivity index (χ3n) is 3.64. The molecular weight excluding hydrogens is 330 g/mol. The number of ether oxygens (including phenoxy) is 1. The number of aromatic nitrogens is 1. The van der Waals surface area contributed by atoms with Crippen molar-refractivity contribution >= 4 is 21.6 Å². The minimum absolute atomic E-state index is 0.176. The van der Waals surface area contributed by atoms with Crippen LogP contribution < -0.4 is 10.5 Å². The monoisotopic (exact) mass is 347 g/mol. The van der Waals surface area contributed by atoms with Crippen LogP contribution >= 0.6 is 15.9 Å². The quantitative estimate of drug-likeness (QED) is 0.923. The number of halogens is 1. The standard InChI is InChI=1S/C16H18BrN3O/c17-14-8-19-9-15(18)16(14)21-13-6-7-20(11-13)10-12-4-2-1-3-5-12/h1-5,8-9,13H,6-7,10-11,18H2. The lowest BCUT2D eigenvalue weighted by Gasteiger charge is -2.18. The van der Waals surface area contributed by atoms with Crippen molar-refractivity contribution in [1.29, 1.82) is 0 Å². The fourth-order valence-electron chi connectivity index (χ4n) is 2.61. The number of rotatable bonds is 4. The third kappa shape index (κ3) is 3.54. The lowest BCUT2D eigenvalue weighted by molar-refractivity contribution is 0.198. The van der Waals surface area contributed by atoms with Crippen LogP contribution in [-0.2, 0) is 6.54 Å². The molecule has 1 aliphatic heterocycles. The summed E-state index contributed by atoms with van der Waals surface area (Å²) in [6.07, 6.45) is 4.52. The van der Waals surface area contributed by atoms with E-state index in [0.717, 1.165) is 30.5 Å². The van der Waals surface area contributed by atoms with Crippen LogP contribution in [0.4, 0.5) is 5.69 Å². The van der Waals surface area contributed by atoms with Gasteiger partial charge in [-0.15, -0.1) is 0 Å². The van der Waals surface area contributed by atoms with E-state index in [1.165, 1.54) is 5.56 Å². The lowest BCUT2D eigenvalue weighted by atomic mass is 10.2. The molecule has 0 bridgehead atoms. The number of likely N-dealkylation sites (tertiary alicyclic amines) is 1. The Balaban J connectivity index is 1.60. The van der Waals surface area contributed by atoms with Crippen LogP contribution in [0.15, 0.2) is 47.2 Å². The van der Waals surface area contributed by atoms with E-state index >= 15 is 0 Å². The molecule has 0 amide bonds. The Morgan fingerprint density at radius 2 is 2.10 bits per heavy atom. The van der Waals surface area contributed by atoms with E-state index in [1.54, 1.807) is 12.4 Å². The topological polar surface area (TPSA) is 51.4 Å². The highest BCUT2D eigenvalue weighted by Gasteiger charge is 2.25. The van der Waals surface area contributed by atoms with Crippen molar-refractivity contribution in [2.45, 2.75) is 19.1 Å². The van der Waals surface area contributed by atoms with E-state index < -0.39 is 0 Å². The summed E-state index contributed by atoms with van der Waals surface area (Å²) in [7, 11) is 0. The highest BCUT2D eigenvalue weighted by atomic mass is 79.9. The summed E-state index contributed by atoms with van der Waals surface area (Å²) < 4.78 is 6.86. The zero-order chi connectivity index (χ0) is 14.7. The van der Waals surface area contributed by atoms with Gasteiger partial charge in [0.1, 0.15) is 6.10 Å². The number of nitrogen functional groups attached to an aromatic ring is 1. The molecule has 0 aliphatic carbocycles. The van der Waals surface area contributed by atoms with E-state index in [9.17, 15) is 0 Å². The first-order chi connectivity index (χ1) is 10.2. The van der Waals surface area contributed by atoms with Gasteiger partial charge in [0.05, 0.1) is 16.4 Å². The summed E-state index contributed by atoms with van der Waals surface area (Å²) in [5.41, 5.74) is 7.84. The zero-order valence-electron chi connectivity index (χ0n) is 11.7. The Kier molecular flexibility index (Phi) is 4.41. The van der Waals surface area contributed by atoms with Crippen LogP contribution in [0.1, 0.15) is 12.0 Å². The Morgan fingerprint density at radius 3 is 2.86 bits per heavy atom. The summed E-state index contributed by atoms with van der Waals surface area (Å²) in [6, 6.07) is 10.5. The summed E-state index contributed by atoms with van der Waals surface area (Å²) in [5, 5.41) is 0. The van der Waals surface area contributed by atoms with Crippen LogP contribution in [0.25, 0.3) is 0 Å². The molecule has 1 aromatic carbocycles. The van der Waals surface area contributed by atoms with Gasteiger partial charge in [-0.05, 0) is 27.9 Å². The molecule has 110 valence electrons. The number of anilines is 1. The van der Waals surface area contributed by atoms with Crippen molar-refractivity contribution in [2.24, 2.45) is 0 Å². The molecule has 2 aromatic rings. The Morgan fingerprint density at radius 1 is 1.29 bits per heavy atom. The highest BCUT2D eigenvalue weighted by Crippen LogP contribution is 2.32. The average Bonchev–Trinajstić information content (AvgIpc) is 2.91. The third-order valence-corrected chi connectivity index (χ3v) is 4.21. The van der Waals surface area contributed by atoms with Crippen LogP contribution in [-0.4, -0.2) is 29.1 Å².